The fraction of sp³-hybridized carbons (Fsp3) is 0.100. The third-order valence-electron chi connectivity index (χ3n) is 5.60. The molecule has 1 aromatic heterocycles. The molecule has 4 rings (SSSR count). The van der Waals surface area contributed by atoms with Gasteiger partial charge in [0.25, 0.3) is 0 Å². The van der Waals surface area contributed by atoms with E-state index in [0.717, 1.165) is 31.5 Å². The van der Waals surface area contributed by atoms with Crippen LogP contribution >= 0.6 is 11.3 Å². The number of allylic oxidation sites excluding steroid dienone is 1. The Kier molecular flexibility index (Phi) is 10.4. The average Bonchev–Trinajstić information content (AvgIpc) is 3.14. The summed E-state index contributed by atoms with van der Waals surface area (Å²) < 4.78 is 3.19. The molecule has 5 N–H and O–H groups in total. The van der Waals surface area contributed by atoms with E-state index in [0.29, 0.717) is 12.1 Å². The smallest absolute Gasteiger partial charge is 0.191 e. The summed E-state index contributed by atoms with van der Waals surface area (Å²) in [5.74, 6) is 0.0670. The summed E-state index contributed by atoms with van der Waals surface area (Å²) in [5, 5.41) is 10.5. The molecule has 0 radical (unpaired) electrons. The number of anilines is 1. The normalized spacial score (nSPS) is 11.7. The van der Waals surface area contributed by atoms with Crippen LogP contribution in [-0.4, -0.2) is 34.7 Å². The Morgan fingerprint density at radius 3 is 2.22 bits per heavy atom. The van der Waals surface area contributed by atoms with Crippen molar-refractivity contribution >= 4 is 47.2 Å². The van der Waals surface area contributed by atoms with Gasteiger partial charge in [0.2, 0.25) is 0 Å². The van der Waals surface area contributed by atoms with Crippen LogP contribution in [0.25, 0.3) is 24.5 Å². The first-order valence-electron chi connectivity index (χ1n) is 11.3. The van der Waals surface area contributed by atoms with Crippen molar-refractivity contribution in [3.63, 3.8) is 0 Å². The number of thiazole rings is 1. The van der Waals surface area contributed by atoms with E-state index in [1.807, 2.05) is 68.7 Å². The molecule has 0 bridgehead atoms. The number of rotatable bonds is 7. The summed E-state index contributed by atoms with van der Waals surface area (Å²) in [6, 6.07) is 26.1. The molecule has 0 saturated heterocycles. The molecule has 3 aromatic carbocycles. The Hall–Kier alpha value is -4.17. The molecule has 0 aliphatic carbocycles. The molecule has 0 spiro atoms. The van der Waals surface area contributed by atoms with Crippen molar-refractivity contribution in [1.82, 2.24) is 4.57 Å². The van der Waals surface area contributed by atoms with E-state index in [-0.39, 0.29) is 16.7 Å². The lowest BCUT2D eigenvalue weighted by Gasteiger charge is -2.11. The summed E-state index contributed by atoms with van der Waals surface area (Å²) in [5.41, 5.74) is 5.02. The molecule has 0 saturated carbocycles. The van der Waals surface area contributed by atoms with Crippen molar-refractivity contribution in [2.24, 2.45) is 4.99 Å². The van der Waals surface area contributed by atoms with Crippen LogP contribution < -0.4 is 19.6 Å². The van der Waals surface area contributed by atoms with Crippen LogP contribution in [0.5, 0.6) is 0 Å². The van der Waals surface area contributed by atoms with Crippen LogP contribution in [-0.2, 0) is 6.54 Å². The maximum absolute atomic E-state index is 9.63. The zero-order valence-corrected chi connectivity index (χ0v) is 21.9. The highest BCUT2D eigenvalue weighted by Gasteiger charge is 2.04. The van der Waals surface area contributed by atoms with Gasteiger partial charge in [-0.3, -0.25) is 0 Å². The van der Waals surface area contributed by atoms with Gasteiger partial charge in [0.15, 0.2) is 4.80 Å². The number of benzene rings is 3. The highest BCUT2D eigenvalue weighted by Crippen LogP contribution is 2.14. The number of nitrogens with zero attached hydrogens (tertiary/aromatic N) is 3. The van der Waals surface area contributed by atoms with Gasteiger partial charge in [-0.25, -0.2) is 4.99 Å². The lowest BCUT2D eigenvalue weighted by atomic mass is 10.1. The minimum Gasteiger partial charge on any atom is -0.508 e. The number of aromatic nitrogens is 1. The van der Waals surface area contributed by atoms with Gasteiger partial charge in [-0.1, -0.05) is 91.2 Å². The van der Waals surface area contributed by atoms with Crippen LogP contribution in [0.2, 0.25) is 0 Å². The van der Waals surface area contributed by atoms with Gasteiger partial charge in [-0.05, 0) is 41.5 Å². The standard InChI is InChI=1S/C30H29N3OS.2H2O/c1-22-29(12-8-9-24-15-19-28(20-16-24)32(3)4)35-30(31-27-10-6-5-7-11-27)33(22)21-25-13-17-26(18-14-25)23(2)34;;/h5-20,34H,1-2,21H2,3-4H3;2*1H2/b9-8+,29-12-,31-30?;;. The third kappa shape index (κ3) is 7.41. The quantitative estimate of drug-likeness (QED) is 0.380. The van der Waals surface area contributed by atoms with Crippen molar-refractivity contribution in [2.75, 3.05) is 19.0 Å². The molecule has 192 valence electrons. The Morgan fingerprint density at radius 2 is 1.62 bits per heavy atom. The van der Waals surface area contributed by atoms with E-state index < -0.39 is 0 Å². The average molecular weight is 516 g/mol. The van der Waals surface area contributed by atoms with E-state index in [2.05, 4.69) is 65.1 Å². The highest BCUT2D eigenvalue weighted by atomic mass is 32.1. The van der Waals surface area contributed by atoms with Crippen LogP contribution in [0.3, 0.4) is 0 Å². The predicted molar refractivity (Wildman–Crippen MR) is 157 cm³/mol. The number of aliphatic hydroxyl groups excluding tert-OH is 1. The molecule has 0 fully saturated rings. The van der Waals surface area contributed by atoms with E-state index in [9.17, 15) is 5.11 Å². The third-order valence-corrected chi connectivity index (χ3v) is 6.68. The van der Waals surface area contributed by atoms with E-state index >= 15 is 0 Å². The first-order valence-corrected chi connectivity index (χ1v) is 12.1. The molecule has 0 amide bonds. The van der Waals surface area contributed by atoms with Gasteiger partial charge < -0.3 is 25.5 Å². The van der Waals surface area contributed by atoms with Gasteiger partial charge in [0, 0.05) is 25.3 Å². The minimum atomic E-state index is 0. The number of aliphatic hydroxyl groups is 1. The second-order valence-corrected chi connectivity index (χ2v) is 9.39. The highest BCUT2D eigenvalue weighted by molar-refractivity contribution is 7.07. The Morgan fingerprint density at radius 1 is 0.973 bits per heavy atom. The van der Waals surface area contributed by atoms with Crippen molar-refractivity contribution in [3.8, 4) is 0 Å². The first-order chi connectivity index (χ1) is 16.9. The van der Waals surface area contributed by atoms with Crippen LogP contribution in [0, 0.1) is 0 Å². The van der Waals surface area contributed by atoms with Crippen LogP contribution in [0.1, 0.15) is 16.7 Å². The van der Waals surface area contributed by atoms with E-state index in [1.54, 1.807) is 11.3 Å². The van der Waals surface area contributed by atoms with Crippen molar-refractivity contribution in [2.45, 2.75) is 6.54 Å². The zero-order valence-electron chi connectivity index (χ0n) is 21.1. The molecule has 0 aliphatic heterocycles. The van der Waals surface area contributed by atoms with Gasteiger partial charge in [0.05, 0.1) is 22.1 Å². The Balaban J connectivity index is 0.00000241. The van der Waals surface area contributed by atoms with Crippen molar-refractivity contribution in [1.29, 1.82) is 0 Å². The summed E-state index contributed by atoms with van der Waals surface area (Å²) in [6.07, 6.45) is 6.24. The van der Waals surface area contributed by atoms with Gasteiger partial charge in [-0.15, -0.1) is 0 Å². The van der Waals surface area contributed by atoms with Gasteiger partial charge in [-0.2, -0.15) is 0 Å². The molecular weight excluding hydrogens is 482 g/mol. The lowest BCUT2D eigenvalue weighted by Crippen LogP contribution is -2.31. The monoisotopic (exact) mass is 515 g/mol. The summed E-state index contributed by atoms with van der Waals surface area (Å²) >= 11 is 1.62. The van der Waals surface area contributed by atoms with Gasteiger partial charge >= 0.3 is 0 Å². The summed E-state index contributed by atoms with van der Waals surface area (Å²) in [6.45, 7) is 8.59. The molecule has 0 aliphatic rings. The fourth-order valence-electron chi connectivity index (χ4n) is 3.57. The molecule has 0 unspecified atom stereocenters. The molecule has 0 atom stereocenters. The Labute approximate surface area is 221 Å². The number of hydrogen-bond acceptors (Lipinski definition) is 4. The second kappa shape index (κ2) is 13.2. The summed E-state index contributed by atoms with van der Waals surface area (Å²) in [7, 11) is 4.08. The van der Waals surface area contributed by atoms with Crippen LogP contribution in [0.4, 0.5) is 11.4 Å². The van der Waals surface area contributed by atoms with Crippen molar-refractivity contribution in [3.05, 3.63) is 123 Å². The maximum Gasteiger partial charge on any atom is 0.191 e. The molecule has 1 heterocycles. The second-order valence-electron chi connectivity index (χ2n) is 8.38. The lowest BCUT2D eigenvalue weighted by molar-refractivity contribution is 0.514. The first kappa shape index (κ1) is 29.1. The number of hydrogen-bond donors (Lipinski definition) is 1. The Bertz CT molecular complexity index is 1520. The molecular formula is C30H33N3O3S. The number of para-hydroxylation sites is 1. The summed E-state index contributed by atoms with van der Waals surface area (Å²) in [4.78, 5) is 7.86. The fourth-order valence-corrected chi connectivity index (χ4v) is 4.57. The van der Waals surface area contributed by atoms with E-state index in [4.69, 9.17) is 4.99 Å². The van der Waals surface area contributed by atoms with Crippen molar-refractivity contribution < 1.29 is 16.1 Å². The largest absolute Gasteiger partial charge is 0.508 e. The molecule has 37 heavy (non-hydrogen) atoms. The topological polar surface area (TPSA) is 104 Å². The maximum atomic E-state index is 9.63. The molecule has 4 aromatic rings. The minimum absolute atomic E-state index is 0. The zero-order chi connectivity index (χ0) is 24.8. The SMILES string of the molecule is C=C(O)c1ccc(Cn2c(=Nc3ccccc3)s/c(=C\C=C\c3ccc(N(C)C)cc3)c2=C)cc1.O.O. The molecule has 6 nitrogen and oxygen atoms in total. The van der Waals surface area contributed by atoms with Gasteiger partial charge in [0.1, 0.15) is 5.76 Å². The predicted octanol–water partition coefficient (Wildman–Crippen LogP) is 3.68. The van der Waals surface area contributed by atoms with Crippen LogP contribution in [0.15, 0.2) is 96.5 Å². The van der Waals surface area contributed by atoms with E-state index in [1.165, 1.54) is 5.69 Å². The molecule has 7 heteroatoms.